The van der Waals surface area contributed by atoms with Crippen molar-refractivity contribution < 1.29 is 0 Å². The van der Waals surface area contributed by atoms with Gasteiger partial charge in [-0.1, -0.05) is 31.2 Å². The molecule has 1 aliphatic rings. The first-order chi connectivity index (χ1) is 9.22. The summed E-state index contributed by atoms with van der Waals surface area (Å²) in [7, 11) is 0. The quantitative estimate of drug-likeness (QED) is 0.871. The molecule has 0 aliphatic carbocycles. The zero-order valence-electron chi connectivity index (χ0n) is 12.7. The van der Waals surface area contributed by atoms with Gasteiger partial charge in [0, 0.05) is 25.2 Å². The molecule has 1 unspecified atom stereocenters. The molecule has 2 rings (SSSR count). The van der Waals surface area contributed by atoms with Crippen LogP contribution in [-0.2, 0) is 0 Å². The Kier molecular flexibility index (Phi) is 5.41. The topological polar surface area (TPSA) is 15.3 Å². The normalized spacial score (nSPS) is 19.5. The number of rotatable bonds is 5. The van der Waals surface area contributed by atoms with Crippen LogP contribution < -0.4 is 5.32 Å². The summed E-state index contributed by atoms with van der Waals surface area (Å²) < 4.78 is 0. The van der Waals surface area contributed by atoms with Gasteiger partial charge < -0.3 is 5.32 Å². The largest absolute Gasteiger partial charge is 0.314 e. The van der Waals surface area contributed by atoms with Crippen molar-refractivity contribution >= 4 is 0 Å². The molecule has 1 fully saturated rings. The van der Waals surface area contributed by atoms with Crippen molar-refractivity contribution in [2.75, 3.05) is 19.6 Å². The lowest BCUT2D eigenvalue weighted by Crippen LogP contribution is -2.43. The highest BCUT2D eigenvalue weighted by Crippen LogP contribution is 2.26. The van der Waals surface area contributed by atoms with Gasteiger partial charge in [-0.25, -0.2) is 0 Å². The van der Waals surface area contributed by atoms with Gasteiger partial charge in [0.25, 0.3) is 0 Å². The van der Waals surface area contributed by atoms with Gasteiger partial charge in [-0.15, -0.1) is 0 Å². The number of piperidine rings is 1. The van der Waals surface area contributed by atoms with Crippen LogP contribution in [0.4, 0.5) is 0 Å². The van der Waals surface area contributed by atoms with Gasteiger partial charge in [-0.3, -0.25) is 4.90 Å². The summed E-state index contributed by atoms with van der Waals surface area (Å²) in [5.41, 5.74) is 2.91. The highest BCUT2D eigenvalue weighted by atomic mass is 15.2. The molecule has 0 aromatic heterocycles. The summed E-state index contributed by atoms with van der Waals surface area (Å²) in [5.74, 6) is 0. The lowest BCUT2D eigenvalue weighted by atomic mass is 9.97. The van der Waals surface area contributed by atoms with Crippen molar-refractivity contribution in [3.63, 3.8) is 0 Å². The van der Waals surface area contributed by atoms with Gasteiger partial charge in [0.2, 0.25) is 0 Å². The van der Waals surface area contributed by atoms with Crippen molar-refractivity contribution in [1.29, 1.82) is 0 Å². The fourth-order valence-corrected chi connectivity index (χ4v) is 3.09. The first-order valence-corrected chi connectivity index (χ1v) is 7.75. The van der Waals surface area contributed by atoms with Gasteiger partial charge >= 0.3 is 0 Å². The fraction of sp³-hybridized carbons (Fsp3) is 0.647. The molecule has 0 spiro atoms. The zero-order chi connectivity index (χ0) is 13.7. The second-order valence-electron chi connectivity index (χ2n) is 5.80. The minimum Gasteiger partial charge on any atom is -0.314 e. The van der Waals surface area contributed by atoms with Gasteiger partial charge in [-0.2, -0.15) is 0 Å². The van der Waals surface area contributed by atoms with E-state index in [-0.39, 0.29) is 0 Å². The summed E-state index contributed by atoms with van der Waals surface area (Å²) in [5, 5.41) is 3.66. The number of likely N-dealkylation sites (tertiary alicyclic amines) is 1. The Morgan fingerprint density at radius 2 is 1.95 bits per heavy atom. The minimum absolute atomic E-state index is 0.549. The van der Waals surface area contributed by atoms with Gasteiger partial charge in [0.05, 0.1) is 0 Å². The maximum absolute atomic E-state index is 3.66. The summed E-state index contributed by atoms with van der Waals surface area (Å²) in [4.78, 5) is 2.63. The smallest absolute Gasteiger partial charge is 0.0322 e. The van der Waals surface area contributed by atoms with Crippen molar-refractivity contribution in [1.82, 2.24) is 10.2 Å². The molecule has 1 atom stereocenters. The summed E-state index contributed by atoms with van der Waals surface area (Å²) in [6.07, 6.45) is 3.81. The van der Waals surface area contributed by atoms with Gasteiger partial charge in [0.1, 0.15) is 0 Å². The number of nitrogens with zero attached hydrogens (tertiary/aromatic N) is 1. The molecule has 2 nitrogen and oxygen atoms in total. The van der Waals surface area contributed by atoms with Crippen molar-refractivity contribution in [3.8, 4) is 0 Å². The van der Waals surface area contributed by atoms with Crippen LogP contribution in [0.2, 0.25) is 0 Å². The maximum Gasteiger partial charge on any atom is 0.0322 e. The molecule has 0 saturated carbocycles. The SMILES string of the molecule is CCCNC1CCN(C(C)c2ccccc2C)CC1. The highest BCUT2D eigenvalue weighted by Gasteiger charge is 2.23. The molecule has 1 aromatic carbocycles. The first kappa shape index (κ1) is 14.5. The fourth-order valence-electron chi connectivity index (χ4n) is 3.09. The number of hydrogen-bond acceptors (Lipinski definition) is 2. The Balaban J connectivity index is 1.89. The number of hydrogen-bond donors (Lipinski definition) is 1. The third-order valence-corrected chi connectivity index (χ3v) is 4.40. The van der Waals surface area contributed by atoms with E-state index in [1.54, 1.807) is 0 Å². The van der Waals surface area contributed by atoms with Crippen LogP contribution in [0.25, 0.3) is 0 Å². The number of benzene rings is 1. The van der Waals surface area contributed by atoms with E-state index < -0.39 is 0 Å². The highest BCUT2D eigenvalue weighted by molar-refractivity contribution is 5.28. The van der Waals surface area contributed by atoms with E-state index in [9.17, 15) is 0 Å². The molecule has 2 heteroatoms. The van der Waals surface area contributed by atoms with Crippen molar-refractivity contribution in [2.24, 2.45) is 0 Å². The second kappa shape index (κ2) is 7.06. The summed E-state index contributed by atoms with van der Waals surface area (Å²) in [6.45, 7) is 10.4. The Morgan fingerprint density at radius 3 is 2.58 bits per heavy atom. The molecule has 1 aromatic rings. The van der Waals surface area contributed by atoms with E-state index in [1.807, 2.05) is 0 Å². The average Bonchev–Trinajstić information content (AvgIpc) is 2.45. The predicted octanol–water partition coefficient (Wildman–Crippen LogP) is 3.52. The molecule has 106 valence electrons. The van der Waals surface area contributed by atoms with Crippen LogP contribution in [0.5, 0.6) is 0 Å². The first-order valence-electron chi connectivity index (χ1n) is 7.75. The maximum atomic E-state index is 3.66. The van der Waals surface area contributed by atoms with E-state index in [4.69, 9.17) is 0 Å². The lowest BCUT2D eigenvalue weighted by Gasteiger charge is -2.37. The lowest BCUT2D eigenvalue weighted by molar-refractivity contribution is 0.152. The van der Waals surface area contributed by atoms with E-state index >= 15 is 0 Å². The van der Waals surface area contributed by atoms with Crippen LogP contribution in [0.1, 0.15) is 50.3 Å². The molecular weight excluding hydrogens is 232 g/mol. The summed E-state index contributed by atoms with van der Waals surface area (Å²) >= 11 is 0. The molecule has 19 heavy (non-hydrogen) atoms. The van der Waals surface area contributed by atoms with E-state index in [2.05, 4.69) is 55.3 Å². The Hall–Kier alpha value is -0.860. The monoisotopic (exact) mass is 260 g/mol. The van der Waals surface area contributed by atoms with Gasteiger partial charge in [0.15, 0.2) is 0 Å². The van der Waals surface area contributed by atoms with Crippen molar-refractivity contribution in [3.05, 3.63) is 35.4 Å². The van der Waals surface area contributed by atoms with Gasteiger partial charge in [-0.05, 0) is 50.8 Å². The standard InChI is InChI=1S/C17H28N2/c1-4-11-18-16-9-12-19(13-10-16)15(3)17-8-6-5-7-14(17)2/h5-8,15-16,18H,4,9-13H2,1-3H3. The Morgan fingerprint density at radius 1 is 1.26 bits per heavy atom. The predicted molar refractivity (Wildman–Crippen MR) is 82.5 cm³/mol. The molecular formula is C17H28N2. The number of nitrogens with one attached hydrogen (secondary N) is 1. The van der Waals surface area contributed by atoms with Crippen molar-refractivity contribution in [2.45, 2.75) is 52.1 Å². The van der Waals surface area contributed by atoms with E-state index in [0.717, 1.165) is 12.6 Å². The van der Waals surface area contributed by atoms with Crippen LogP contribution in [0.15, 0.2) is 24.3 Å². The average molecular weight is 260 g/mol. The molecule has 1 heterocycles. The second-order valence-corrected chi connectivity index (χ2v) is 5.80. The zero-order valence-corrected chi connectivity index (χ0v) is 12.7. The third-order valence-electron chi connectivity index (χ3n) is 4.40. The van der Waals surface area contributed by atoms with E-state index in [1.165, 1.54) is 43.5 Å². The molecule has 0 bridgehead atoms. The van der Waals surface area contributed by atoms with E-state index in [0.29, 0.717) is 6.04 Å². The Labute approximate surface area is 118 Å². The molecule has 1 saturated heterocycles. The molecule has 1 aliphatic heterocycles. The van der Waals surface area contributed by atoms with Crippen LogP contribution >= 0.6 is 0 Å². The van der Waals surface area contributed by atoms with Crippen LogP contribution in [-0.4, -0.2) is 30.6 Å². The molecule has 0 amide bonds. The molecule has 1 N–H and O–H groups in total. The molecule has 0 radical (unpaired) electrons. The Bertz CT molecular complexity index is 381. The van der Waals surface area contributed by atoms with Crippen LogP contribution in [0.3, 0.4) is 0 Å². The minimum atomic E-state index is 0.549. The summed E-state index contributed by atoms with van der Waals surface area (Å²) in [6, 6.07) is 10.1. The third kappa shape index (κ3) is 3.80. The van der Waals surface area contributed by atoms with Crippen LogP contribution in [0, 0.1) is 6.92 Å². The number of aryl methyl sites for hydroxylation is 1.